The molecule has 4 rings (SSSR count). The van der Waals surface area contributed by atoms with Crippen LogP contribution in [0.4, 0.5) is 0 Å². The van der Waals surface area contributed by atoms with Crippen molar-refractivity contribution in [2.45, 2.75) is 18.9 Å². The van der Waals surface area contributed by atoms with Crippen LogP contribution < -0.4 is 4.74 Å². The fourth-order valence-electron chi connectivity index (χ4n) is 3.77. The number of nitrogens with zero attached hydrogens (tertiary/aromatic N) is 1. The average Bonchev–Trinajstić information content (AvgIpc) is 2.78. The second-order valence-corrected chi connectivity index (χ2v) is 7.25. The average molecular weight is 375 g/mol. The molecular weight excluding hydrogens is 350 g/mol. The maximum Gasteiger partial charge on any atom is 0.230 e. The van der Waals surface area contributed by atoms with Crippen molar-refractivity contribution in [1.29, 1.82) is 0 Å². The highest BCUT2D eigenvalue weighted by atomic mass is 16.5. The molecule has 0 aromatic heterocycles. The molecule has 1 heterocycles. The van der Waals surface area contributed by atoms with E-state index in [2.05, 4.69) is 24.3 Å². The summed E-state index contributed by atoms with van der Waals surface area (Å²) in [5.41, 5.74) is 2.15. The lowest BCUT2D eigenvalue weighted by Crippen LogP contribution is -2.44. The summed E-state index contributed by atoms with van der Waals surface area (Å²) in [6.45, 7) is 3.78. The van der Waals surface area contributed by atoms with Gasteiger partial charge in [0.15, 0.2) is 0 Å². The Balaban J connectivity index is 1.51. The molecule has 1 unspecified atom stereocenters. The van der Waals surface area contributed by atoms with Gasteiger partial charge in [-0.15, -0.1) is 0 Å². The quantitative estimate of drug-likeness (QED) is 0.671. The fourth-order valence-corrected chi connectivity index (χ4v) is 3.77. The van der Waals surface area contributed by atoms with Crippen LogP contribution in [0.1, 0.15) is 30.1 Å². The predicted octanol–water partition coefficient (Wildman–Crippen LogP) is 4.55. The molecule has 3 aromatic rings. The molecule has 3 aromatic carbocycles. The number of fused-ring (bicyclic) bond motifs is 1. The molecule has 1 fully saturated rings. The van der Waals surface area contributed by atoms with Crippen molar-refractivity contribution in [3.8, 4) is 5.75 Å². The molecule has 0 bridgehead atoms. The van der Waals surface area contributed by atoms with Crippen LogP contribution in [0.25, 0.3) is 10.8 Å². The summed E-state index contributed by atoms with van der Waals surface area (Å²) in [6.07, 6.45) is -0.0600. The van der Waals surface area contributed by atoms with E-state index in [4.69, 9.17) is 9.47 Å². The van der Waals surface area contributed by atoms with Crippen LogP contribution in [-0.4, -0.2) is 37.6 Å². The van der Waals surface area contributed by atoms with E-state index in [1.54, 1.807) is 7.11 Å². The molecule has 1 aliphatic heterocycles. The first-order valence-corrected chi connectivity index (χ1v) is 9.69. The number of carbonyl (C=O) groups is 1. The van der Waals surface area contributed by atoms with Gasteiger partial charge in [-0.05, 0) is 41.0 Å². The van der Waals surface area contributed by atoms with Gasteiger partial charge in [-0.3, -0.25) is 4.79 Å². The molecule has 0 radical (unpaired) electrons. The highest BCUT2D eigenvalue weighted by molar-refractivity contribution is 5.88. The van der Waals surface area contributed by atoms with Crippen molar-refractivity contribution in [1.82, 2.24) is 4.90 Å². The number of ether oxygens (including phenoxy) is 2. The number of hydrogen-bond acceptors (Lipinski definition) is 3. The normalized spacial score (nSPS) is 18.1. The van der Waals surface area contributed by atoms with E-state index >= 15 is 0 Å². The summed E-state index contributed by atoms with van der Waals surface area (Å²) < 4.78 is 11.2. The number of carbonyl (C=O) groups excluding carboxylic acids is 1. The third kappa shape index (κ3) is 3.73. The van der Waals surface area contributed by atoms with Crippen LogP contribution in [0.15, 0.2) is 66.7 Å². The van der Waals surface area contributed by atoms with E-state index in [-0.39, 0.29) is 17.9 Å². The topological polar surface area (TPSA) is 38.8 Å². The van der Waals surface area contributed by atoms with Crippen molar-refractivity contribution >= 4 is 16.7 Å². The Hall–Kier alpha value is -2.85. The van der Waals surface area contributed by atoms with Gasteiger partial charge in [0.25, 0.3) is 0 Å². The van der Waals surface area contributed by atoms with E-state index in [9.17, 15) is 4.79 Å². The lowest BCUT2D eigenvalue weighted by atomic mass is 9.96. The molecule has 28 heavy (non-hydrogen) atoms. The smallest absolute Gasteiger partial charge is 0.230 e. The van der Waals surface area contributed by atoms with Crippen LogP contribution in [0.2, 0.25) is 0 Å². The zero-order valence-corrected chi connectivity index (χ0v) is 16.3. The molecule has 0 N–H and O–H groups in total. The van der Waals surface area contributed by atoms with Crippen LogP contribution in [0.3, 0.4) is 0 Å². The highest BCUT2D eigenvalue weighted by Gasteiger charge is 2.28. The van der Waals surface area contributed by atoms with Crippen LogP contribution in [-0.2, 0) is 9.53 Å². The zero-order chi connectivity index (χ0) is 19.5. The second-order valence-electron chi connectivity index (χ2n) is 7.25. The number of rotatable bonds is 4. The summed E-state index contributed by atoms with van der Waals surface area (Å²) >= 11 is 0. The van der Waals surface area contributed by atoms with Crippen LogP contribution in [0, 0.1) is 0 Å². The minimum absolute atomic E-state index is 0.0600. The fraction of sp³-hybridized carbons (Fsp3) is 0.292. The van der Waals surface area contributed by atoms with Gasteiger partial charge in [0.2, 0.25) is 5.91 Å². The number of hydrogen-bond donors (Lipinski definition) is 0. The van der Waals surface area contributed by atoms with Crippen molar-refractivity contribution in [3.63, 3.8) is 0 Å². The molecule has 4 nitrogen and oxygen atoms in total. The van der Waals surface area contributed by atoms with Gasteiger partial charge in [-0.1, -0.05) is 54.6 Å². The van der Waals surface area contributed by atoms with E-state index in [0.29, 0.717) is 19.7 Å². The zero-order valence-electron chi connectivity index (χ0n) is 16.3. The van der Waals surface area contributed by atoms with Gasteiger partial charge < -0.3 is 14.4 Å². The van der Waals surface area contributed by atoms with Gasteiger partial charge in [-0.25, -0.2) is 0 Å². The van der Waals surface area contributed by atoms with Crippen LogP contribution >= 0.6 is 0 Å². The molecule has 1 amide bonds. The Kier molecular flexibility index (Phi) is 5.31. The van der Waals surface area contributed by atoms with E-state index < -0.39 is 0 Å². The first-order valence-electron chi connectivity index (χ1n) is 9.69. The molecule has 4 heteroatoms. The van der Waals surface area contributed by atoms with Crippen LogP contribution in [0.5, 0.6) is 5.75 Å². The first kappa shape index (κ1) is 18.5. The van der Waals surface area contributed by atoms with Gasteiger partial charge in [-0.2, -0.15) is 0 Å². The van der Waals surface area contributed by atoms with Crippen molar-refractivity contribution < 1.29 is 14.3 Å². The minimum Gasteiger partial charge on any atom is -0.497 e. The lowest BCUT2D eigenvalue weighted by Gasteiger charge is -2.34. The Morgan fingerprint density at radius 2 is 1.82 bits per heavy atom. The lowest BCUT2D eigenvalue weighted by molar-refractivity contribution is -0.140. The molecular formula is C24H25NO3. The monoisotopic (exact) mass is 375 g/mol. The molecule has 144 valence electrons. The van der Waals surface area contributed by atoms with E-state index in [0.717, 1.165) is 27.6 Å². The summed E-state index contributed by atoms with van der Waals surface area (Å²) in [7, 11) is 1.67. The van der Waals surface area contributed by atoms with Gasteiger partial charge >= 0.3 is 0 Å². The summed E-state index contributed by atoms with van der Waals surface area (Å²) in [5.74, 6) is 0.794. The SMILES string of the molecule is COc1ccc2cc([C@H](C)C(=O)N3CCOC(c4ccccc4)C3)ccc2c1. The van der Waals surface area contributed by atoms with Crippen molar-refractivity contribution in [3.05, 3.63) is 77.9 Å². The number of morpholine rings is 1. The number of methoxy groups -OCH3 is 1. The maximum atomic E-state index is 13.2. The third-order valence-electron chi connectivity index (χ3n) is 5.49. The maximum absolute atomic E-state index is 13.2. The van der Waals surface area contributed by atoms with Crippen molar-refractivity contribution in [2.75, 3.05) is 26.8 Å². The standard InChI is InChI=1S/C24H25NO3/c1-17(19-8-9-21-15-22(27-2)11-10-20(21)14-19)24(26)25-12-13-28-23(16-25)18-6-4-3-5-7-18/h3-11,14-15,17,23H,12-13,16H2,1-2H3/t17-,23?/m0/s1. The van der Waals surface area contributed by atoms with E-state index in [1.165, 1.54) is 0 Å². The third-order valence-corrected chi connectivity index (χ3v) is 5.49. The molecule has 1 saturated heterocycles. The largest absolute Gasteiger partial charge is 0.497 e. The molecule has 0 aliphatic carbocycles. The Labute approximate surface area is 165 Å². The second kappa shape index (κ2) is 8.03. The van der Waals surface area contributed by atoms with E-state index in [1.807, 2.05) is 54.3 Å². The van der Waals surface area contributed by atoms with Crippen molar-refractivity contribution in [2.24, 2.45) is 0 Å². The molecule has 0 saturated carbocycles. The molecule has 0 spiro atoms. The Morgan fingerprint density at radius 1 is 1.07 bits per heavy atom. The summed E-state index contributed by atoms with van der Waals surface area (Å²) in [5, 5.41) is 2.22. The number of amides is 1. The molecule has 2 atom stereocenters. The van der Waals surface area contributed by atoms with Gasteiger partial charge in [0.1, 0.15) is 11.9 Å². The molecule has 1 aliphatic rings. The predicted molar refractivity (Wildman–Crippen MR) is 111 cm³/mol. The Morgan fingerprint density at radius 3 is 2.61 bits per heavy atom. The Bertz CT molecular complexity index is 970. The van der Waals surface area contributed by atoms with Gasteiger partial charge in [0, 0.05) is 6.54 Å². The van der Waals surface area contributed by atoms with Gasteiger partial charge in [0.05, 0.1) is 26.2 Å². The summed E-state index contributed by atoms with van der Waals surface area (Å²) in [4.78, 5) is 15.1. The first-order chi connectivity index (χ1) is 13.7. The number of benzene rings is 3. The highest BCUT2D eigenvalue weighted by Crippen LogP contribution is 2.28. The minimum atomic E-state index is -0.193. The summed E-state index contributed by atoms with van der Waals surface area (Å²) in [6, 6.07) is 22.3.